The predicted octanol–water partition coefficient (Wildman–Crippen LogP) is 2.75. The highest BCUT2D eigenvalue weighted by Gasteiger charge is 2.27. The van der Waals surface area contributed by atoms with E-state index >= 15 is 0 Å². The molecule has 0 radical (unpaired) electrons. The van der Waals surface area contributed by atoms with Crippen molar-refractivity contribution < 1.29 is 22.8 Å². The summed E-state index contributed by atoms with van der Waals surface area (Å²) in [6, 6.07) is 18.8. The van der Waals surface area contributed by atoms with Crippen LogP contribution in [0.25, 0.3) is 0 Å². The largest absolute Gasteiger partial charge is 0.351 e. The quantitative estimate of drug-likeness (QED) is 0.368. The Morgan fingerprint density at radius 2 is 1.53 bits per heavy atom. The van der Waals surface area contributed by atoms with Gasteiger partial charge in [0.1, 0.15) is 6.04 Å². The summed E-state index contributed by atoms with van der Waals surface area (Å²) in [5, 5.41) is 4.94. The van der Waals surface area contributed by atoms with E-state index in [1.165, 1.54) is 18.0 Å². The average molecular weight is 510 g/mol. The minimum Gasteiger partial charge on any atom is -0.351 e. The number of nitrogens with zero attached hydrogens (tertiary/aromatic N) is 1. The normalized spacial score (nSPS) is 11.7. The van der Waals surface area contributed by atoms with Crippen molar-refractivity contribution in [3.05, 3.63) is 90.0 Å². The van der Waals surface area contributed by atoms with Crippen LogP contribution in [-0.2, 0) is 21.2 Å². The molecule has 0 aromatic heterocycles. The molecule has 3 aromatic carbocycles. The lowest BCUT2D eigenvalue weighted by molar-refractivity contribution is -0.120. The van der Waals surface area contributed by atoms with E-state index in [0.29, 0.717) is 16.9 Å². The van der Waals surface area contributed by atoms with Gasteiger partial charge in [0, 0.05) is 24.8 Å². The number of nitrogens with one attached hydrogen (secondary N) is 3. The van der Waals surface area contributed by atoms with Crippen LogP contribution < -0.4 is 26.0 Å². The van der Waals surface area contributed by atoms with Crippen molar-refractivity contribution in [1.29, 1.82) is 0 Å². The Hall–Kier alpha value is -4.38. The zero-order chi connectivity index (χ0) is 26.3. The molecule has 0 aliphatic rings. The third-order valence-electron chi connectivity index (χ3n) is 5.35. The van der Waals surface area contributed by atoms with Crippen LogP contribution in [0.3, 0.4) is 0 Å². The molecule has 0 bridgehead atoms. The fourth-order valence-electron chi connectivity index (χ4n) is 3.54. The van der Waals surface area contributed by atoms with E-state index in [1.54, 1.807) is 73.7 Å². The van der Waals surface area contributed by atoms with Gasteiger partial charge < -0.3 is 21.3 Å². The van der Waals surface area contributed by atoms with E-state index in [9.17, 15) is 22.8 Å². The second-order valence-electron chi connectivity index (χ2n) is 8.02. The smallest absolute Gasteiger partial charge is 0.329 e. The summed E-state index contributed by atoms with van der Waals surface area (Å²) in [4.78, 5) is 38.4. The highest BCUT2D eigenvalue weighted by Crippen LogP contribution is 2.19. The Morgan fingerprint density at radius 1 is 0.917 bits per heavy atom. The number of hydrogen-bond acceptors (Lipinski definition) is 5. The van der Waals surface area contributed by atoms with Crippen molar-refractivity contribution in [2.45, 2.75) is 24.3 Å². The van der Waals surface area contributed by atoms with Gasteiger partial charge in [0.15, 0.2) is 0 Å². The third kappa shape index (κ3) is 6.83. The molecule has 11 heteroatoms. The summed E-state index contributed by atoms with van der Waals surface area (Å²) in [7, 11) is -2.62. The van der Waals surface area contributed by atoms with Crippen molar-refractivity contribution in [3.8, 4) is 0 Å². The van der Waals surface area contributed by atoms with Crippen LogP contribution in [0.5, 0.6) is 0 Å². The number of hydrogen-bond donors (Lipinski definition) is 4. The number of anilines is 2. The maximum Gasteiger partial charge on any atom is 0.329 e. The molecule has 0 saturated heterocycles. The van der Waals surface area contributed by atoms with Gasteiger partial charge in [0.2, 0.25) is 5.91 Å². The molecule has 1 atom stereocenters. The molecule has 5 amide bonds. The SMILES string of the molecule is Cc1ccccc1S(=O)(=O)NC(=O)NC(Cc1ccccc1)C(=O)N(C)c1ccc(NC(N)=O)cc1. The highest BCUT2D eigenvalue weighted by atomic mass is 32.2. The Bertz CT molecular complexity index is 1340. The number of rotatable bonds is 8. The molecule has 0 fully saturated rings. The summed E-state index contributed by atoms with van der Waals surface area (Å²) < 4.78 is 27.4. The van der Waals surface area contributed by atoms with Crippen molar-refractivity contribution in [1.82, 2.24) is 10.0 Å². The van der Waals surface area contributed by atoms with Crippen LogP contribution in [0, 0.1) is 6.92 Å². The average Bonchev–Trinajstić information content (AvgIpc) is 2.83. The number of nitrogens with two attached hydrogens (primary N) is 1. The fraction of sp³-hybridized carbons (Fsp3) is 0.160. The molecule has 36 heavy (non-hydrogen) atoms. The number of primary amides is 1. The number of carbonyl (C=O) groups is 3. The highest BCUT2D eigenvalue weighted by molar-refractivity contribution is 7.90. The number of aryl methyl sites for hydroxylation is 1. The Kier molecular flexibility index (Phi) is 8.28. The first-order chi connectivity index (χ1) is 17.1. The molecule has 1 unspecified atom stereocenters. The van der Waals surface area contributed by atoms with E-state index in [0.717, 1.165) is 5.56 Å². The van der Waals surface area contributed by atoms with Gasteiger partial charge in [-0.15, -0.1) is 0 Å². The van der Waals surface area contributed by atoms with E-state index in [2.05, 4.69) is 10.6 Å². The van der Waals surface area contributed by atoms with Crippen LogP contribution in [-0.4, -0.2) is 39.5 Å². The van der Waals surface area contributed by atoms with Crippen molar-refractivity contribution >= 4 is 39.4 Å². The number of likely N-dealkylation sites (N-methyl/N-ethyl adjacent to an activating group) is 1. The molecule has 188 valence electrons. The molecule has 3 rings (SSSR count). The molecule has 0 saturated carbocycles. The second kappa shape index (κ2) is 11.4. The monoisotopic (exact) mass is 509 g/mol. The van der Waals surface area contributed by atoms with Gasteiger partial charge in [0.05, 0.1) is 4.90 Å². The molecule has 3 aromatic rings. The van der Waals surface area contributed by atoms with Gasteiger partial charge in [-0.25, -0.2) is 22.7 Å². The number of urea groups is 2. The zero-order valence-corrected chi connectivity index (χ0v) is 20.6. The lowest BCUT2D eigenvalue weighted by Gasteiger charge is -2.25. The molecule has 0 aliphatic carbocycles. The maximum absolute atomic E-state index is 13.4. The van der Waals surface area contributed by atoms with Crippen LogP contribution in [0.4, 0.5) is 21.0 Å². The lowest BCUT2D eigenvalue weighted by atomic mass is 10.0. The molecule has 10 nitrogen and oxygen atoms in total. The van der Waals surface area contributed by atoms with Crippen LogP contribution >= 0.6 is 0 Å². The first-order valence-electron chi connectivity index (χ1n) is 10.9. The molecule has 0 spiro atoms. The number of sulfonamides is 1. The van der Waals surface area contributed by atoms with Gasteiger partial charge in [-0.1, -0.05) is 48.5 Å². The van der Waals surface area contributed by atoms with Crippen LogP contribution in [0.15, 0.2) is 83.8 Å². The van der Waals surface area contributed by atoms with Crippen molar-refractivity contribution in [3.63, 3.8) is 0 Å². The van der Waals surface area contributed by atoms with Crippen LogP contribution in [0.2, 0.25) is 0 Å². The zero-order valence-electron chi connectivity index (χ0n) is 19.8. The van der Waals surface area contributed by atoms with Crippen molar-refractivity contribution in [2.75, 3.05) is 17.3 Å². The summed E-state index contributed by atoms with van der Waals surface area (Å²) >= 11 is 0. The van der Waals surface area contributed by atoms with Gasteiger partial charge in [-0.3, -0.25) is 4.79 Å². The summed E-state index contributed by atoms with van der Waals surface area (Å²) in [5.41, 5.74) is 7.30. The standard InChI is InChI=1S/C25H27N5O5S/c1-17-8-6-7-11-22(17)36(34,35)29-25(33)28-21(16-18-9-4-3-5-10-18)23(31)30(2)20-14-12-19(13-15-20)27-24(26)32/h3-15,21H,16H2,1-2H3,(H3,26,27,32)(H2,28,29,33). The summed E-state index contributed by atoms with van der Waals surface area (Å²) in [5.74, 6) is -0.474. The minimum absolute atomic E-state index is 0.0344. The minimum atomic E-state index is -4.15. The Labute approximate surface area is 209 Å². The number of carbonyl (C=O) groups excluding carboxylic acids is 3. The first kappa shape index (κ1) is 26.2. The molecule has 0 heterocycles. The topological polar surface area (TPSA) is 151 Å². The summed E-state index contributed by atoms with van der Waals surface area (Å²) in [6.45, 7) is 1.62. The van der Waals surface area contributed by atoms with E-state index in [-0.39, 0.29) is 11.3 Å². The molecular weight excluding hydrogens is 482 g/mol. The van der Waals surface area contributed by atoms with E-state index in [4.69, 9.17) is 5.73 Å². The third-order valence-corrected chi connectivity index (χ3v) is 6.84. The molecule has 5 N–H and O–H groups in total. The number of amides is 5. The van der Waals surface area contributed by atoms with Gasteiger partial charge in [0.25, 0.3) is 10.0 Å². The van der Waals surface area contributed by atoms with Gasteiger partial charge >= 0.3 is 12.1 Å². The fourth-order valence-corrected chi connectivity index (χ4v) is 4.71. The number of benzene rings is 3. The van der Waals surface area contributed by atoms with E-state index in [1.807, 2.05) is 10.8 Å². The second-order valence-corrected chi connectivity index (χ2v) is 9.67. The van der Waals surface area contributed by atoms with Crippen LogP contribution in [0.1, 0.15) is 11.1 Å². The molecular formula is C25H27N5O5S. The van der Waals surface area contributed by atoms with Gasteiger partial charge in [-0.05, 0) is 48.4 Å². The first-order valence-corrected chi connectivity index (χ1v) is 12.4. The predicted molar refractivity (Wildman–Crippen MR) is 137 cm³/mol. The van der Waals surface area contributed by atoms with Crippen molar-refractivity contribution in [2.24, 2.45) is 5.73 Å². The Morgan fingerprint density at radius 3 is 2.14 bits per heavy atom. The summed E-state index contributed by atoms with van der Waals surface area (Å²) in [6.07, 6.45) is 0.128. The lowest BCUT2D eigenvalue weighted by Crippen LogP contribution is -2.52. The Balaban J connectivity index is 1.80. The molecule has 0 aliphatic heterocycles. The van der Waals surface area contributed by atoms with E-state index < -0.39 is 34.0 Å². The maximum atomic E-state index is 13.4. The van der Waals surface area contributed by atoms with Gasteiger partial charge in [-0.2, -0.15) is 0 Å².